The van der Waals surface area contributed by atoms with Crippen molar-refractivity contribution in [2.24, 2.45) is 11.8 Å². The van der Waals surface area contributed by atoms with Crippen molar-refractivity contribution in [3.8, 4) is 0 Å². The molecule has 3 atom stereocenters. The highest BCUT2D eigenvalue weighted by molar-refractivity contribution is 5.90. The van der Waals surface area contributed by atoms with E-state index < -0.39 is 17.8 Å². The molecule has 2 N–H and O–H groups in total. The van der Waals surface area contributed by atoms with E-state index in [1.54, 1.807) is 0 Å². The molecule has 5 heteroatoms. The van der Waals surface area contributed by atoms with Gasteiger partial charge in [-0.25, -0.2) is 0 Å². The smallest absolute Gasteiger partial charge is 0.307 e. The molecule has 1 amide bonds. The predicted molar refractivity (Wildman–Crippen MR) is 76.7 cm³/mol. The monoisotopic (exact) mass is 287 g/mol. The van der Waals surface area contributed by atoms with Gasteiger partial charge in [0.05, 0.1) is 17.9 Å². The molecule has 1 heterocycles. The van der Waals surface area contributed by atoms with Crippen LogP contribution in [0, 0.1) is 18.8 Å². The normalized spacial score (nSPS) is 22.0. The number of para-hydroxylation sites is 1. The number of aryl methyl sites for hydroxylation is 1. The third-order valence-corrected chi connectivity index (χ3v) is 4.08. The Balaban J connectivity index is 1.75. The van der Waals surface area contributed by atoms with E-state index in [1.165, 1.54) is 0 Å². The lowest BCUT2D eigenvalue weighted by atomic mass is 10.1. The van der Waals surface area contributed by atoms with Gasteiger partial charge in [0.15, 0.2) is 0 Å². The fraction of sp³-hybridized carbons (Fsp3) is 0.375. The molecule has 1 aliphatic carbocycles. The van der Waals surface area contributed by atoms with E-state index in [1.807, 2.05) is 38.1 Å². The second kappa shape index (κ2) is 4.91. The number of carboxylic acids is 1. The van der Waals surface area contributed by atoms with Crippen LogP contribution in [0.5, 0.6) is 0 Å². The molecule has 2 aromatic rings. The van der Waals surface area contributed by atoms with E-state index in [9.17, 15) is 9.59 Å². The Hall–Kier alpha value is -2.30. The molecule has 1 fully saturated rings. The Morgan fingerprint density at radius 3 is 2.67 bits per heavy atom. The number of hydrogen-bond acceptors (Lipinski definition) is 3. The van der Waals surface area contributed by atoms with Crippen molar-refractivity contribution in [1.82, 2.24) is 5.32 Å². The molecule has 1 aromatic carbocycles. The third-order valence-electron chi connectivity index (χ3n) is 4.08. The fourth-order valence-electron chi connectivity index (χ4n) is 2.75. The maximum absolute atomic E-state index is 12.0. The first-order valence-electron chi connectivity index (χ1n) is 7.00. The third kappa shape index (κ3) is 2.39. The van der Waals surface area contributed by atoms with Crippen molar-refractivity contribution in [3.05, 3.63) is 35.6 Å². The maximum Gasteiger partial charge on any atom is 0.307 e. The van der Waals surface area contributed by atoms with Crippen LogP contribution in [0.15, 0.2) is 28.7 Å². The number of rotatable bonds is 4. The van der Waals surface area contributed by atoms with Crippen LogP contribution < -0.4 is 5.32 Å². The summed E-state index contributed by atoms with van der Waals surface area (Å²) in [4.78, 5) is 22.8. The number of benzene rings is 1. The van der Waals surface area contributed by atoms with Gasteiger partial charge in [0.2, 0.25) is 5.91 Å². The molecule has 21 heavy (non-hydrogen) atoms. The minimum atomic E-state index is -0.900. The van der Waals surface area contributed by atoms with Crippen molar-refractivity contribution < 1.29 is 19.1 Å². The largest absolute Gasteiger partial charge is 0.481 e. The molecule has 1 aliphatic rings. The summed E-state index contributed by atoms with van der Waals surface area (Å²) in [6.07, 6.45) is 0.424. The van der Waals surface area contributed by atoms with Gasteiger partial charge in [-0.1, -0.05) is 18.2 Å². The van der Waals surface area contributed by atoms with Crippen LogP contribution in [0.4, 0.5) is 0 Å². The van der Waals surface area contributed by atoms with Gasteiger partial charge in [0.25, 0.3) is 0 Å². The standard InChI is InChI=1S/C16H17NO4/c1-8-10-5-3-4-6-13(10)21-14(8)9(2)17-15(18)11-7-12(11)16(19)20/h3-6,9,11-12H,7H2,1-2H3,(H,17,18)(H,19,20)/t9-,11?,12?/m1/s1. The lowest BCUT2D eigenvalue weighted by Crippen LogP contribution is -2.29. The maximum atomic E-state index is 12.0. The van der Waals surface area contributed by atoms with Gasteiger partial charge in [-0.15, -0.1) is 0 Å². The highest BCUT2D eigenvalue weighted by Crippen LogP contribution is 2.39. The number of hydrogen-bond donors (Lipinski definition) is 2. The van der Waals surface area contributed by atoms with Crippen LogP contribution in [-0.2, 0) is 9.59 Å². The Labute approximate surface area is 121 Å². The molecule has 0 aliphatic heterocycles. The summed E-state index contributed by atoms with van der Waals surface area (Å²) in [7, 11) is 0. The first-order valence-corrected chi connectivity index (χ1v) is 7.00. The van der Waals surface area contributed by atoms with Crippen molar-refractivity contribution in [2.45, 2.75) is 26.3 Å². The Bertz CT molecular complexity index is 718. The number of aliphatic carboxylic acids is 1. The summed E-state index contributed by atoms with van der Waals surface area (Å²) in [5.74, 6) is -1.34. The zero-order chi connectivity index (χ0) is 15.1. The molecule has 0 bridgehead atoms. The van der Waals surface area contributed by atoms with Crippen molar-refractivity contribution >= 4 is 22.8 Å². The summed E-state index contributed by atoms with van der Waals surface area (Å²) in [5, 5.41) is 12.7. The summed E-state index contributed by atoms with van der Waals surface area (Å²) < 4.78 is 5.80. The molecular weight excluding hydrogens is 270 g/mol. The summed E-state index contributed by atoms with van der Waals surface area (Å²) in [6.45, 7) is 3.81. The molecule has 0 saturated heterocycles. The minimum Gasteiger partial charge on any atom is -0.481 e. The van der Waals surface area contributed by atoms with Gasteiger partial charge >= 0.3 is 5.97 Å². The first-order chi connectivity index (χ1) is 9.99. The average molecular weight is 287 g/mol. The first kappa shape index (κ1) is 13.7. The predicted octanol–water partition coefficient (Wildman–Crippen LogP) is 2.64. The highest BCUT2D eigenvalue weighted by atomic mass is 16.4. The van der Waals surface area contributed by atoms with Crippen molar-refractivity contribution in [1.29, 1.82) is 0 Å². The Kier molecular flexibility index (Phi) is 3.20. The van der Waals surface area contributed by atoms with Gasteiger partial charge in [-0.2, -0.15) is 0 Å². The number of carboxylic acid groups (broad SMARTS) is 1. The second-order valence-corrected chi connectivity index (χ2v) is 5.60. The molecule has 0 spiro atoms. The zero-order valence-corrected chi connectivity index (χ0v) is 11.9. The van der Waals surface area contributed by atoms with Crippen LogP contribution >= 0.6 is 0 Å². The van der Waals surface area contributed by atoms with Crippen LogP contribution in [-0.4, -0.2) is 17.0 Å². The molecule has 1 aromatic heterocycles. The second-order valence-electron chi connectivity index (χ2n) is 5.60. The Morgan fingerprint density at radius 2 is 2.05 bits per heavy atom. The van der Waals surface area contributed by atoms with E-state index in [0.29, 0.717) is 6.42 Å². The number of amides is 1. The van der Waals surface area contributed by atoms with E-state index in [4.69, 9.17) is 9.52 Å². The van der Waals surface area contributed by atoms with Crippen LogP contribution in [0.1, 0.15) is 30.7 Å². The number of carbonyl (C=O) groups is 2. The van der Waals surface area contributed by atoms with E-state index in [0.717, 1.165) is 22.3 Å². The Morgan fingerprint density at radius 1 is 1.33 bits per heavy atom. The summed E-state index contributed by atoms with van der Waals surface area (Å²) in [6, 6.07) is 7.44. The number of carbonyl (C=O) groups excluding carboxylic acids is 1. The summed E-state index contributed by atoms with van der Waals surface area (Å²) in [5.41, 5.74) is 1.80. The molecular formula is C16H17NO4. The van der Waals surface area contributed by atoms with E-state index in [-0.39, 0.29) is 11.9 Å². The van der Waals surface area contributed by atoms with Gasteiger partial charge in [-0.05, 0) is 26.3 Å². The van der Waals surface area contributed by atoms with E-state index >= 15 is 0 Å². The lowest BCUT2D eigenvalue weighted by Gasteiger charge is -2.12. The molecule has 2 unspecified atom stereocenters. The van der Waals surface area contributed by atoms with Gasteiger partial charge in [0, 0.05) is 10.9 Å². The topological polar surface area (TPSA) is 79.5 Å². The quantitative estimate of drug-likeness (QED) is 0.906. The SMILES string of the molecule is Cc1c([C@@H](C)NC(=O)C2CC2C(=O)O)oc2ccccc12. The minimum absolute atomic E-state index is 0.213. The molecule has 3 rings (SSSR count). The molecule has 110 valence electrons. The van der Waals surface area contributed by atoms with Gasteiger partial charge in [-0.3, -0.25) is 9.59 Å². The van der Waals surface area contributed by atoms with Crippen LogP contribution in [0.2, 0.25) is 0 Å². The van der Waals surface area contributed by atoms with Crippen molar-refractivity contribution in [2.75, 3.05) is 0 Å². The van der Waals surface area contributed by atoms with Crippen LogP contribution in [0.3, 0.4) is 0 Å². The molecule has 5 nitrogen and oxygen atoms in total. The fourth-order valence-corrected chi connectivity index (χ4v) is 2.75. The molecule has 1 saturated carbocycles. The van der Waals surface area contributed by atoms with E-state index in [2.05, 4.69) is 5.32 Å². The molecule has 0 radical (unpaired) electrons. The average Bonchev–Trinajstić information content (AvgIpc) is 3.19. The van der Waals surface area contributed by atoms with Crippen molar-refractivity contribution in [3.63, 3.8) is 0 Å². The van der Waals surface area contributed by atoms with Gasteiger partial charge < -0.3 is 14.8 Å². The summed E-state index contributed by atoms with van der Waals surface area (Å²) >= 11 is 0. The number of fused-ring (bicyclic) bond motifs is 1. The highest BCUT2D eigenvalue weighted by Gasteiger charge is 2.48. The lowest BCUT2D eigenvalue weighted by molar-refractivity contribution is -0.140. The van der Waals surface area contributed by atoms with Crippen LogP contribution in [0.25, 0.3) is 11.0 Å². The number of furan rings is 1. The zero-order valence-electron chi connectivity index (χ0n) is 11.9. The number of nitrogens with one attached hydrogen (secondary N) is 1. The van der Waals surface area contributed by atoms with Gasteiger partial charge in [0.1, 0.15) is 11.3 Å².